The molecule has 2 aliphatic rings. The number of aryl methyl sites for hydroxylation is 2. The molecule has 4 rings (SSSR count). The number of carbonyl (C=O) groups is 1. The fourth-order valence-corrected chi connectivity index (χ4v) is 4.19. The van der Waals surface area contributed by atoms with Crippen LogP contribution in [0, 0.1) is 12.8 Å². The second-order valence-electron chi connectivity index (χ2n) is 6.08. The molecule has 1 aliphatic carbocycles. The quantitative estimate of drug-likeness (QED) is 0.913. The SMILES string of the molecule is Cc1nn(C)c2sc(C(=O)N3CC(O)(C4CC4)C3)cc12. The number of carbonyl (C=O) groups excluding carboxylic acids is 1. The van der Waals surface area contributed by atoms with Gasteiger partial charge in [0, 0.05) is 12.4 Å². The van der Waals surface area contributed by atoms with Crippen molar-refractivity contribution in [1.29, 1.82) is 0 Å². The molecule has 0 unspecified atom stereocenters. The maximum Gasteiger partial charge on any atom is 0.264 e. The number of β-amino-alcohol motifs (C(OH)–C–C–N with tert-alkyl or cyclic N) is 1. The van der Waals surface area contributed by atoms with Crippen LogP contribution in [0.5, 0.6) is 0 Å². The molecule has 0 bridgehead atoms. The molecule has 1 N–H and O–H groups in total. The van der Waals surface area contributed by atoms with Crippen molar-refractivity contribution < 1.29 is 9.90 Å². The van der Waals surface area contributed by atoms with Crippen LogP contribution in [0.1, 0.15) is 28.2 Å². The van der Waals surface area contributed by atoms with Gasteiger partial charge in [0.1, 0.15) is 10.4 Å². The Balaban J connectivity index is 1.57. The molecule has 1 aliphatic heterocycles. The summed E-state index contributed by atoms with van der Waals surface area (Å²) in [5, 5.41) is 15.7. The van der Waals surface area contributed by atoms with Gasteiger partial charge < -0.3 is 10.0 Å². The number of aliphatic hydroxyl groups is 1. The van der Waals surface area contributed by atoms with Crippen LogP contribution in [0.15, 0.2) is 6.07 Å². The molecule has 2 aromatic rings. The second-order valence-corrected chi connectivity index (χ2v) is 7.11. The molecule has 0 atom stereocenters. The molecule has 20 heavy (non-hydrogen) atoms. The summed E-state index contributed by atoms with van der Waals surface area (Å²) in [5.74, 6) is 0.455. The Morgan fingerprint density at radius 2 is 2.20 bits per heavy atom. The van der Waals surface area contributed by atoms with Crippen molar-refractivity contribution >= 4 is 27.5 Å². The Labute approximate surface area is 120 Å². The van der Waals surface area contributed by atoms with E-state index < -0.39 is 5.60 Å². The molecule has 106 valence electrons. The van der Waals surface area contributed by atoms with E-state index in [0.29, 0.717) is 19.0 Å². The van der Waals surface area contributed by atoms with Gasteiger partial charge in [-0.15, -0.1) is 11.3 Å². The molecule has 1 amide bonds. The lowest BCUT2D eigenvalue weighted by molar-refractivity contribution is -0.0956. The lowest BCUT2D eigenvalue weighted by Crippen LogP contribution is -2.64. The maximum absolute atomic E-state index is 12.4. The van der Waals surface area contributed by atoms with Crippen LogP contribution in [0.3, 0.4) is 0 Å². The summed E-state index contributed by atoms with van der Waals surface area (Å²) in [6, 6.07) is 1.93. The average molecular weight is 291 g/mol. The van der Waals surface area contributed by atoms with E-state index in [1.807, 2.05) is 24.7 Å². The normalized spacial score (nSPS) is 21.2. The minimum absolute atomic E-state index is 0.0379. The molecule has 0 spiro atoms. The highest BCUT2D eigenvalue weighted by atomic mass is 32.1. The predicted molar refractivity (Wildman–Crippen MR) is 76.9 cm³/mol. The smallest absolute Gasteiger partial charge is 0.264 e. The zero-order valence-electron chi connectivity index (χ0n) is 11.6. The average Bonchev–Trinajstić information content (AvgIpc) is 3.06. The molecular weight excluding hydrogens is 274 g/mol. The number of hydrogen-bond donors (Lipinski definition) is 1. The first-order valence-electron chi connectivity index (χ1n) is 6.93. The van der Waals surface area contributed by atoms with Crippen LogP contribution >= 0.6 is 11.3 Å². The Hall–Kier alpha value is -1.40. The number of fused-ring (bicyclic) bond motifs is 1. The molecule has 0 aromatic carbocycles. The van der Waals surface area contributed by atoms with Crippen molar-refractivity contribution in [2.45, 2.75) is 25.4 Å². The van der Waals surface area contributed by atoms with Crippen molar-refractivity contribution in [3.8, 4) is 0 Å². The number of likely N-dealkylation sites (tertiary alicyclic amines) is 1. The molecule has 6 heteroatoms. The van der Waals surface area contributed by atoms with Crippen LogP contribution in [0.2, 0.25) is 0 Å². The van der Waals surface area contributed by atoms with Crippen molar-refractivity contribution in [1.82, 2.24) is 14.7 Å². The van der Waals surface area contributed by atoms with Gasteiger partial charge in [-0.25, -0.2) is 0 Å². The third kappa shape index (κ3) is 1.64. The minimum atomic E-state index is -0.607. The number of nitrogens with zero attached hydrogens (tertiary/aromatic N) is 3. The van der Waals surface area contributed by atoms with E-state index in [2.05, 4.69) is 5.10 Å². The summed E-state index contributed by atoms with van der Waals surface area (Å²) in [7, 11) is 1.90. The zero-order chi connectivity index (χ0) is 14.1. The Morgan fingerprint density at radius 3 is 2.80 bits per heavy atom. The topological polar surface area (TPSA) is 58.4 Å². The van der Waals surface area contributed by atoms with Crippen molar-refractivity contribution in [2.24, 2.45) is 13.0 Å². The van der Waals surface area contributed by atoms with Gasteiger partial charge in [-0.1, -0.05) is 0 Å². The number of thiophene rings is 1. The molecule has 0 radical (unpaired) electrons. The third-order valence-electron chi connectivity index (χ3n) is 4.46. The first kappa shape index (κ1) is 12.3. The van der Waals surface area contributed by atoms with Crippen LogP contribution < -0.4 is 0 Å². The van der Waals surface area contributed by atoms with E-state index in [0.717, 1.165) is 33.6 Å². The third-order valence-corrected chi connectivity index (χ3v) is 5.65. The van der Waals surface area contributed by atoms with E-state index in [9.17, 15) is 9.90 Å². The molecule has 2 aromatic heterocycles. The first-order chi connectivity index (χ1) is 9.48. The lowest BCUT2D eigenvalue weighted by atomic mass is 9.88. The molecule has 2 fully saturated rings. The number of hydrogen-bond acceptors (Lipinski definition) is 4. The van der Waals surface area contributed by atoms with E-state index in [-0.39, 0.29) is 5.91 Å². The molecule has 1 saturated carbocycles. The summed E-state index contributed by atoms with van der Waals surface area (Å²) in [6.45, 7) is 2.93. The van der Waals surface area contributed by atoms with Crippen LogP contribution in [-0.2, 0) is 7.05 Å². The van der Waals surface area contributed by atoms with Gasteiger partial charge in [-0.3, -0.25) is 9.48 Å². The monoisotopic (exact) mass is 291 g/mol. The summed E-state index contributed by atoms with van der Waals surface area (Å²) in [5.41, 5.74) is 0.347. The van der Waals surface area contributed by atoms with E-state index in [1.165, 1.54) is 11.3 Å². The standard InChI is InChI=1S/C14H17N3O2S/c1-8-10-5-11(20-13(10)16(2)15-8)12(18)17-6-14(19,7-17)9-3-4-9/h5,9,19H,3-4,6-7H2,1-2H3. The molecule has 5 nitrogen and oxygen atoms in total. The van der Waals surface area contributed by atoms with Crippen LogP contribution in [0.25, 0.3) is 10.2 Å². The summed E-state index contributed by atoms with van der Waals surface area (Å²) in [6.07, 6.45) is 2.21. The lowest BCUT2D eigenvalue weighted by Gasteiger charge is -2.46. The first-order valence-corrected chi connectivity index (χ1v) is 7.74. The number of amides is 1. The minimum Gasteiger partial charge on any atom is -0.386 e. The number of aromatic nitrogens is 2. The highest BCUT2D eigenvalue weighted by Gasteiger charge is 2.53. The summed E-state index contributed by atoms with van der Waals surface area (Å²) < 4.78 is 1.82. The fraction of sp³-hybridized carbons (Fsp3) is 0.571. The van der Waals surface area contributed by atoms with Gasteiger partial charge >= 0.3 is 0 Å². The van der Waals surface area contributed by atoms with Crippen molar-refractivity contribution in [2.75, 3.05) is 13.1 Å². The van der Waals surface area contributed by atoms with Gasteiger partial charge in [0.25, 0.3) is 5.91 Å². The van der Waals surface area contributed by atoms with Gasteiger partial charge in [0.15, 0.2) is 0 Å². The van der Waals surface area contributed by atoms with Gasteiger partial charge in [-0.05, 0) is 31.7 Å². The van der Waals surface area contributed by atoms with E-state index >= 15 is 0 Å². The predicted octanol–water partition coefficient (Wildman–Crippen LogP) is 1.54. The Morgan fingerprint density at radius 1 is 1.50 bits per heavy atom. The Bertz CT molecular complexity index is 673. The van der Waals surface area contributed by atoms with Gasteiger partial charge in [-0.2, -0.15) is 5.10 Å². The fourth-order valence-electron chi connectivity index (χ4n) is 3.10. The van der Waals surface area contributed by atoms with Gasteiger partial charge in [0.2, 0.25) is 0 Å². The van der Waals surface area contributed by atoms with Crippen molar-refractivity contribution in [3.63, 3.8) is 0 Å². The maximum atomic E-state index is 12.4. The Kier molecular flexibility index (Phi) is 2.36. The summed E-state index contributed by atoms with van der Waals surface area (Å²) in [4.78, 5) is 16.0. The van der Waals surface area contributed by atoms with E-state index in [4.69, 9.17) is 0 Å². The summed E-state index contributed by atoms with van der Waals surface area (Å²) >= 11 is 1.48. The number of rotatable bonds is 2. The zero-order valence-corrected chi connectivity index (χ0v) is 12.4. The second kappa shape index (κ2) is 3.83. The molecule has 3 heterocycles. The molecular formula is C14H17N3O2S. The largest absolute Gasteiger partial charge is 0.386 e. The highest BCUT2D eigenvalue weighted by Crippen LogP contribution is 2.45. The van der Waals surface area contributed by atoms with E-state index in [1.54, 1.807) is 4.90 Å². The van der Waals surface area contributed by atoms with Crippen LogP contribution in [-0.4, -0.2) is 44.4 Å². The van der Waals surface area contributed by atoms with Gasteiger partial charge in [0.05, 0.1) is 23.7 Å². The van der Waals surface area contributed by atoms with Crippen LogP contribution in [0.4, 0.5) is 0 Å². The molecule has 1 saturated heterocycles. The highest BCUT2D eigenvalue weighted by molar-refractivity contribution is 7.20. The van der Waals surface area contributed by atoms with Crippen molar-refractivity contribution in [3.05, 3.63) is 16.6 Å².